The maximum Gasteiger partial charge on any atom is 0.251 e. The van der Waals surface area contributed by atoms with Crippen LogP contribution >= 0.6 is 27.3 Å². The molecule has 0 bridgehead atoms. The zero-order chi connectivity index (χ0) is 23.5. The van der Waals surface area contributed by atoms with E-state index in [0.29, 0.717) is 28.3 Å². The van der Waals surface area contributed by atoms with Gasteiger partial charge in [0, 0.05) is 28.4 Å². The Labute approximate surface area is 204 Å². The first-order valence-electron chi connectivity index (χ1n) is 10.8. The van der Waals surface area contributed by atoms with Crippen LogP contribution in [0.3, 0.4) is 0 Å². The lowest BCUT2D eigenvalue weighted by atomic mass is 9.94. The van der Waals surface area contributed by atoms with Gasteiger partial charge in [-0.3, -0.25) is 9.59 Å². The van der Waals surface area contributed by atoms with Crippen LogP contribution in [0.2, 0.25) is 0 Å². The van der Waals surface area contributed by atoms with Crippen LogP contribution < -0.4 is 5.32 Å². The van der Waals surface area contributed by atoms with E-state index in [9.17, 15) is 14.0 Å². The number of benzene rings is 2. The molecule has 0 spiro atoms. The fourth-order valence-corrected chi connectivity index (χ4v) is 5.14. The number of hydrogen-bond donors (Lipinski definition) is 2. The fraction of sp³-hybridized carbons (Fsp3) is 0.280. The number of ketones is 1. The van der Waals surface area contributed by atoms with E-state index >= 15 is 0 Å². The topological polar surface area (TPSA) is 82.9 Å². The fourth-order valence-electron chi connectivity index (χ4n) is 3.50. The van der Waals surface area contributed by atoms with Gasteiger partial charge in [-0.15, -0.1) is 11.3 Å². The lowest BCUT2D eigenvalue weighted by Gasteiger charge is -2.16. The summed E-state index contributed by atoms with van der Waals surface area (Å²) in [6.45, 7) is 2.06. The van der Waals surface area contributed by atoms with Crippen LogP contribution in [0.25, 0.3) is 10.4 Å². The molecule has 3 aromatic rings. The van der Waals surface area contributed by atoms with E-state index in [1.165, 1.54) is 23.5 Å². The summed E-state index contributed by atoms with van der Waals surface area (Å²) in [6, 6.07) is 13.0. The maximum atomic E-state index is 13.4. The summed E-state index contributed by atoms with van der Waals surface area (Å²) in [5.41, 5.74) is 1.38. The van der Waals surface area contributed by atoms with E-state index in [1.54, 1.807) is 30.3 Å². The molecule has 0 radical (unpaired) electrons. The Morgan fingerprint density at radius 2 is 1.97 bits per heavy atom. The number of Topliss-reactive ketones (excluding diaryl/α,β-unsaturated/α-hetero) is 1. The first kappa shape index (κ1) is 23.4. The largest absolute Gasteiger partial charge is 0.351 e. The summed E-state index contributed by atoms with van der Waals surface area (Å²) >= 11 is 4.80. The van der Waals surface area contributed by atoms with Crippen molar-refractivity contribution in [2.75, 3.05) is 6.54 Å². The van der Waals surface area contributed by atoms with Crippen LogP contribution in [0.4, 0.5) is 4.39 Å². The second-order valence-corrected chi connectivity index (χ2v) is 10.0. The number of halogens is 2. The van der Waals surface area contributed by atoms with Gasteiger partial charge < -0.3 is 10.7 Å². The summed E-state index contributed by atoms with van der Waals surface area (Å²) in [6.07, 6.45) is 2.61. The van der Waals surface area contributed by atoms with Crippen LogP contribution in [0.1, 0.15) is 58.0 Å². The predicted octanol–water partition coefficient (Wildman–Crippen LogP) is 6.25. The van der Waals surface area contributed by atoms with Crippen molar-refractivity contribution < 1.29 is 14.0 Å². The van der Waals surface area contributed by atoms with Gasteiger partial charge in [0.05, 0.1) is 15.6 Å². The predicted molar refractivity (Wildman–Crippen MR) is 132 cm³/mol. The number of aromatic nitrogens is 1. The van der Waals surface area contributed by atoms with Crippen molar-refractivity contribution >= 4 is 44.7 Å². The summed E-state index contributed by atoms with van der Waals surface area (Å²) in [5, 5.41) is 12.3. The highest BCUT2D eigenvalue weighted by Crippen LogP contribution is 2.45. The minimum atomic E-state index is -0.444. The molecule has 1 atom stereocenters. The molecule has 1 aromatic heterocycles. The molecular formula is C25H23BrFN3O2S. The van der Waals surface area contributed by atoms with Crippen molar-refractivity contribution in [2.24, 2.45) is 5.92 Å². The lowest BCUT2D eigenvalue weighted by molar-refractivity contribution is 0.0947. The Hall–Kier alpha value is -2.71. The lowest BCUT2D eigenvalue weighted by Crippen LogP contribution is -2.35. The average molecular weight is 528 g/mol. The van der Waals surface area contributed by atoms with Gasteiger partial charge in [-0.1, -0.05) is 41.1 Å². The van der Waals surface area contributed by atoms with Crippen molar-refractivity contribution in [3.8, 4) is 10.4 Å². The van der Waals surface area contributed by atoms with Gasteiger partial charge in [-0.25, -0.2) is 9.37 Å². The van der Waals surface area contributed by atoms with Crippen molar-refractivity contribution in [2.45, 2.75) is 32.1 Å². The second kappa shape index (κ2) is 10.1. The van der Waals surface area contributed by atoms with E-state index in [4.69, 9.17) is 5.41 Å². The van der Waals surface area contributed by atoms with E-state index in [0.717, 1.165) is 22.3 Å². The Bertz CT molecular complexity index is 1200. The van der Waals surface area contributed by atoms with Crippen LogP contribution in [0, 0.1) is 17.1 Å². The standard InChI is InChI=1S/C25H23BrFN3O2S/c1-2-14(13-29-24(32)17-4-3-5-18(26)12-17)20(28)22(31)21-23(15-8-10-19(27)11-9-15)33-25(30-21)16-6-7-16/h3-5,8-12,14,16,28H,2,6-7,13H2,1H3,(H,29,32)/t14-/m0/s1. The number of carbonyl (C=O) groups is 2. The molecule has 1 aliphatic carbocycles. The van der Waals surface area contributed by atoms with Gasteiger partial charge in [0.25, 0.3) is 5.91 Å². The molecule has 0 aliphatic heterocycles. The third-order valence-electron chi connectivity index (χ3n) is 5.63. The monoisotopic (exact) mass is 527 g/mol. The molecule has 8 heteroatoms. The summed E-state index contributed by atoms with van der Waals surface area (Å²) in [4.78, 5) is 31.1. The average Bonchev–Trinajstić information content (AvgIpc) is 3.57. The van der Waals surface area contributed by atoms with Gasteiger partial charge >= 0.3 is 0 Å². The zero-order valence-corrected chi connectivity index (χ0v) is 20.4. The molecule has 1 heterocycles. The minimum absolute atomic E-state index is 0.0805. The molecule has 1 saturated carbocycles. The van der Waals surface area contributed by atoms with Crippen molar-refractivity contribution in [1.29, 1.82) is 5.41 Å². The Balaban J connectivity index is 1.53. The molecule has 2 aromatic carbocycles. The van der Waals surface area contributed by atoms with Gasteiger partial charge in [-0.05, 0) is 55.2 Å². The van der Waals surface area contributed by atoms with E-state index < -0.39 is 11.7 Å². The van der Waals surface area contributed by atoms with Crippen molar-refractivity contribution in [3.05, 3.63) is 75.1 Å². The number of nitrogens with one attached hydrogen (secondary N) is 2. The van der Waals surface area contributed by atoms with Gasteiger partial charge in [0.15, 0.2) is 0 Å². The maximum absolute atomic E-state index is 13.4. The number of amides is 1. The molecule has 5 nitrogen and oxygen atoms in total. The molecule has 0 saturated heterocycles. The molecule has 0 unspecified atom stereocenters. The van der Waals surface area contributed by atoms with E-state index in [1.807, 2.05) is 13.0 Å². The number of thiazole rings is 1. The van der Waals surface area contributed by atoms with Gasteiger partial charge in [-0.2, -0.15) is 0 Å². The Morgan fingerprint density at radius 1 is 1.24 bits per heavy atom. The third-order valence-corrected chi connectivity index (χ3v) is 7.39. The van der Waals surface area contributed by atoms with Crippen LogP contribution in [0.15, 0.2) is 53.0 Å². The van der Waals surface area contributed by atoms with E-state index in [2.05, 4.69) is 26.2 Å². The first-order chi connectivity index (χ1) is 15.9. The summed E-state index contributed by atoms with van der Waals surface area (Å²) in [5.74, 6) is -1.14. The molecule has 33 heavy (non-hydrogen) atoms. The molecule has 2 N–H and O–H groups in total. The van der Waals surface area contributed by atoms with Gasteiger partial charge in [0.2, 0.25) is 5.78 Å². The third kappa shape index (κ3) is 5.45. The highest BCUT2D eigenvalue weighted by atomic mass is 79.9. The summed E-state index contributed by atoms with van der Waals surface area (Å²) < 4.78 is 14.2. The minimum Gasteiger partial charge on any atom is -0.351 e. The summed E-state index contributed by atoms with van der Waals surface area (Å²) in [7, 11) is 0. The molecule has 1 amide bonds. The SMILES string of the molecule is CC[C@@H](CNC(=O)c1cccc(Br)c1)C(=N)C(=O)c1nc(C2CC2)sc1-c1ccc(F)cc1. The Morgan fingerprint density at radius 3 is 2.61 bits per heavy atom. The van der Waals surface area contributed by atoms with Crippen LogP contribution in [0.5, 0.6) is 0 Å². The van der Waals surface area contributed by atoms with Crippen molar-refractivity contribution in [1.82, 2.24) is 10.3 Å². The second-order valence-electron chi connectivity index (χ2n) is 8.08. The van der Waals surface area contributed by atoms with Crippen molar-refractivity contribution in [3.63, 3.8) is 0 Å². The highest BCUT2D eigenvalue weighted by Gasteiger charge is 2.32. The first-order valence-corrected chi connectivity index (χ1v) is 12.4. The molecular weight excluding hydrogens is 505 g/mol. The van der Waals surface area contributed by atoms with E-state index in [-0.39, 0.29) is 29.7 Å². The quantitative estimate of drug-likeness (QED) is 0.255. The normalized spacial score (nSPS) is 14.0. The number of carbonyl (C=O) groups excluding carboxylic acids is 2. The number of hydrogen-bond acceptors (Lipinski definition) is 5. The zero-order valence-electron chi connectivity index (χ0n) is 18.0. The van der Waals surface area contributed by atoms with Gasteiger partial charge in [0.1, 0.15) is 11.5 Å². The highest BCUT2D eigenvalue weighted by molar-refractivity contribution is 9.10. The van der Waals surface area contributed by atoms with Crippen LogP contribution in [-0.4, -0.2) is 28.9 Å². The molecule has 1 aliphatic rings. The number of nitrogens with zero attached hydrogens (tertiary/aromatic N) is 1. The number of rotatable bonds is 9. The molecule has 1 fully saturated rings. The smallest absolute Gasteiger partial charge is 0.251 e. The molecule has 4 rings (SSSR count). The van der Waals surface area contributed by atoms with Crippen LogP contribution in [-0.2, 0) is 0 Å². The molecule has 170 valence electrons. The Kier molecular flexibility index (Phi) is 7.14.